The van der Waals surface area contributed by atoms with E-state index in [2.05, 4.69) is 132 Å². The van der Waals surface area contributed by atoms with Gasteiger partial charge in [-0.25, -0.2) is 24.9 Å². The predicted molar refractivity (Wildman–Crippen MR) is 257 cm³/mol. The van der Waals surface area contributed by atoms with Crippen LogP contribution in [0.1, 0.15) is 0 Å². The lowest BCUT2D eigenvalue weighted by Gasteiger charge is -2.10. The van der Waals surface area contributed by atoms with Crippen LogP contribution in [0.3, 0.4) is 0 Å². The normalized spacial score (nSPS) is 11.8. The molecule has 5 aromatic heterocycles. The largest absolute Gasteiger partial charge is 0.455 e. The quantitative estimate of drug-likeness (QED) is 0.166. The molecule has 0 aliphatic carbocycles. The van der Waals surface area contributed by atoms with Crippen LogP contribution in [0.4, 0.5) is 0 Å². The Morgan fingerprint density at radius 1 is 0.413 bits per heavy atom. The van der Waals surface area contributed by atoms with Gasteiger partial charge in [-0.15, -0.1) is 11.3 Å². The monoisotopic (exact) mass is 824 g/mol. The van der Waals surface area contributed by atoms with Crippen molar-refractivity contribution in [3.63, 3.8) is 0 Å². The second-order valence-corrected chi connectivity index (χ2v) is 16.6. The number of aromatic nitrogens is 6. The maximum atomic E-state index is 6.90. The van der Waals surface area contributed by atoms with E-state index in [1.807, 2.05) is 66.7 Å². The van der Waals surface area contributed by atoms with Crippen molar-refractivity contribution in [2.75, 3.05) is 0 Å². The summed E-state index contributed by atoms with van der Waals surface area (Å²) in [6, 6.07) is 66.7. The van der Waals surface area contributed by atoms with Gasteiger partial charge in [0.2, 0.25) is 0 Å². The predicted octanol–water partition coefficient (Wildman–Crippen LogP) is 14.4. The summed E-state index contributed by atoms with van der Waals surface area (Å²) in [6.07, 6.45) is 0. The van der Waals surface area contributed by atoms with Crippen LogP contribution < -0.4 is 0 Å². The third-order valence-electron chi connectivity index (χ3n) is 11.9. The standard InChI is InChI=1S/C55H32N6OS/c1-4-16-33(17-5-1)52-56-48-38-23-11-13-29-46(38)63-51(48)49(57-52)41-26-14-24-39-47-40(25-15-28-45(47)62-50(39)41)55-59-53(34-18-6-2-7-19-34)58-54(60-55)35-30-31-44-42(32-35)37-22-10-12-27-43(37)61(44)36-20-8-3-9-21-36/h1-32H. The van der Waals surface area contributed by atoms with Crippen LogP contribution in [0, 0.1) is 0 Å². The van der Waals surface area contributed by atoms with Gasteiger partial charge in [0.15, 0.2) is 23.3 Å². The first-order valence-corrected chi connectivity index (χ1v) is 21.7. The fraction of sp³-hybridized carbons (Fsp3) is 0. The number of hydrogen-bond acceptors (Lipinski definition) is 7. The Balaban J connectivity index is 1.03. The Kier molecular flexibility index (Phi) is 7.94. The highest BCUT2D eigenvalue weighted by Gasteiger charge is 2.23. The lowest BCUT2D eigenvalue weighted by molar-refractivity contribution is 0.670. The van der Waals surface area contributed by atoms with Crippen molar-refractivity contribution < 1.29 is 4.42 Å². The number of rotatable bonds is 6. The molecular formula is C55H32N6OS. The average Bonchev–Trinajstić information content (AvgIpc) is 4.04. The van der Waals surface area contributed by atoms with E-state index in [0.29, 0.717) is 23.3 Å². The molecule has 13 aromatic rings. The molecule has 294 valence electrons. The molecule has 0 aliphatic rings. The molecular weight excluding hydrogens is 793 g/mol. The molecule has 0 aliphatic heterocycles. The molecule has 0 radical (unpaired) electrons. The maximum absolute atomic E-state index is 6.90. The van der Waals surface area contributed by atoms with E-state index in [1.54, 1.807) is 11.3 Å². The van der Waals surface area contributed by atoms with E-state index in [-0.39, 0.29) is 0 Å². The third-order valence-corrected chi connectivity index (χ3v) is 13.0. The van der Waals surface area contributed by atoms with E-state index >= 15 is 0 Å². The SMILES string of the molecule is c1ccc(-c2nc(-c3ccc4c(c3)c3ccccc3n4-c3ccccc3)nc(-c3cccc4oc5c(-c6nc(-c7ccccc7)nc7c6sc6ccccc67)cccc5c34)n2)cc1. The van der Waals surface area contributed by atoms with Crippen LogP contribution in [0.15, 0.2) is 199 Å². The van der Waals surface area contributed by atoms with Gasteiger partial charge < -0.3 is 8.98 Å². The zero-order valence-corrected chi connectivity index (χ0v) is 34.3. The van der Waals surface area contributed by atoms with Crippen molar-refractivity contribution >= 4 is 75.4 Å². The average molecular weight is 825 g/mol. The summed E-state index contributed by atoms with van der Waals surface area (Å²) >= 11 is 1.71. The van der Waals surface area contributed by atoms with Gasteiger partial charge in [-0.3, -0.25) is 0 Å². The molecule has 0 unspecified atom stereocenters. The van der Waals surface area contributed by atoms with Gasteiger partial charge in [-0.1, -0.05) is 140 Å². The van der Waals surface area contributed by atoms with Crippen molar-refractivity contribution in [1.29, 1.82) is 0 Å². The van der Waals surface area contributed by atoms with Gasteiger partial charge in [-0.05, 0) is 54.6 Å². The van der Waals surface area contributed by atoms with Crippen LogP contribution in [0.2, 0.25) is 0 Å². The van der Waals surface area contributed by atoms with Gasteiger partial charge >= 0.3 is 0 Å². The molecule has 0 bridgehead atoms. The number of nitrogens with zero attached hydrogens (tertiary/aromatic N) is 6. The van der Waals surface area contributed by atoms with Crippen molar-refractivity contribution in [3.8, 4) is 62.5 Å². The lowest BCUT2D eigenvalue weighted by Crippen LogP contribution is -2.00. The van der Waals surface area contributed by atoms with E-state index in [1.165, 1.54) is 0 Å². The molecule has 0 spiro atoms. The summed E-state index contributed by atoms with van der Waals surface area (Å²) in [5, 5.41) is 5.27. The molecule has 0 N–H and O–H groups in total. The fourth-order valence-corrected chi connectivity index (χ4v) is 10.2. The Morgan fingerprint density at radius 2 is 1.02 bits per heavy atom. The smallest absolute Gasteiger partial charge is 0.164 e. The van der Waals surface area contributed by atoms with E-state index in [0.717, 1.165) is 103 Å². The highest BCUT2D eigenvalue weighted by Crippen LogP contribution is 2.45. The minimum Gasteiger partial charge on any atom is -0.455 e. The summed E-state index contributed by atoms with van der Waals surface area (Å²) in [5.74, 6) is 2.41. The van der Waals surface area contributed by atoms with Crippen LogP contribution in [0.25, 0.3) is 127 Å². The first-order valence-electron chi connectivity index (χ1n) is 20.8. The van der Waals surface area contributed by atoms with E-state index < -0.39 is 0 Å². The minimum atomic E-state index is 0.560. The Hall–Kier alpha value is -8.33. The Morgan fingerprint density at radius 3 is 1.81 bits per heavy atom. The Bertz CT molecular complexity index is 3910. The van der Waals surface area contributed by atoms with E-state index in [4.69, 9.17) is 29.3 Å². The molecule has 0 atom stereocenters. The highest BCUT2D eigenvalue weighted by molar-refractivity contribution is 7.26. The summed E-state index contributed by atoms with van der Waals surface area (Å²) in [4.78, 5) is 26.1. The van der Waals surface area contributed by atoms with Gasteiger partial charge in [0.05, 0.1) is 26.9 Å². The second kappa shape index (κ2) is 14.1. The number of benzene rings is 8. The second-order valence-electron chi connectivity index (χ2n) is 15.6. The molecule has 8 heteroatoms. The molecule has 0 saturated heterocycles. The Labute approximate surface area is 364 Å². The fourth-order valence-electron chi connectivity index (χ4n) is 9.02. The van der Waals surface area contributed by atoms with Gasteiger partial charge in [0.25, 0.3) is 0 Å². The van der Waals surface area contributed by atoms with Crippen LogP contribution in [-0.4, -0.2) is 29.5 Å². The van der Waals surface area contributed by atoms with Crippen molar-refractivity contribution in [2.24, 2.45) is 0 Å². The molecule has 13 rings (SSSR count). The number of hydrogen-bond donors (Lipinski definition) is 0. The summed E-state index contributed by atoms with van der Waals surface area (Å²) in [6.45, 7) is 0. The first-order chi connectivity index (χ1) is 31.2. The van der Waals surface area contributed by atoms with Crippen molar-refractivity contribution in [1.82, 2.24) is 29.5 Å². The zero-order valence-electron chi connectivity index (χ0n) is 33.5. The summed E-state index contributed by atoms with van der Waals surface area (Å²) in [7, 11) is 0. The van der Waals surface area contributed by atoms with Gasteiger partial charge in [0.1, 0.15) is 11.2 Å². The molecule has 8 aromatic carbocycles. The van der Waals surface area contributed by atoms with Crippen LogP contribution in [0.5, 0.6) is 0 Å². The van der Waals surface area contributed by atoms with Crippen molar-refractivity contribution in [3.05, 3.63) is 194 Å². The number of para-hydroxylation sites is 3. The summed E-state index contributed by atoms with van der Waals surface area (Å²) in [5.41, 5.74) is 11.1. The van der Waals surface area contributed by atoms with Crippen LogP contribution >= 0.6 is 11.3 Å². The minimum absolute atomic E-state index is 0.560. The van der Waals surface area contributed by atoms with E-state index in [9.17, 15) is 0 Å². The van der Waals surface area contributed by atoms with Crippen LogP contribution in [-0.2, 0) is 0 Å². The molecule has 0 fully saturated rings. The first kappa shape index (κ1) is 35.4. The number of thiophene rings is 1. The molecule has 63 heavy (non-hydrogen) atoms. The summed E-state index contributed by atoms with van der Waals surface area (Å²) < 4.78 is 11.4. The molecule has 7 nitrogen and oxygen atoms in total. The van der Waals surface area contributed by atoms with Gasteiger partial charge in [0, 0.05) is 65.1 Å². The van der Waals surface area contributed by atoms with Gasteiger partial charge in [-0.2, -0.15) is 0 Å². The highest BCUT2D eigenvalue weighted by atomic mass is 32.1. The number of furan rings is 1. The number of fused-ring (bicyclic) bond motifs is 9. The molecule has 0 amide bonds. The zero-order chi connectivity index (χ0) is 41.4. The maximum Gasteiger partial charge on any atom is 0.164 e. The lowest BCUT2D eigenvalue weighted by atomic mass is 10.0. The topological polar surface area (TPSA) is 82.5 Å². The third kappa shape index (κ3) is 5.69. The molecule has 5 heterocycles. The molecule has 0 saturated carbocycles. The van der Waals surface area contributed by atoms with Crippen molar-refractivity contribution in [2.45, 2.75) is 0 Å².